The number of amides is 2. The van der Waals surface area contributed by atoms with Gasteiger partial charge in [-0.3, -0.25) is 9.59 Å². The largest absolute Gasteiger partial charge is 0.335 e. The smallest absolute Gasteiger partial charge is 0.245 e. The lowest BCUT2D eigenvalue weighted by Gasteiger charge is -2.36. The second-order valence-corrected chi connectivity index (χ2v) is 8.64. The highest BCUT2D eigenvalue weighted by atomic mass is 16.2. The highest BCUT2D eigenvalue weighted by molar-refractivity contribution is 5.89. The van der Waals surface area contributed by atoms with E-state index in [-0.39, 0.29) is 29.4 Å². The van der Waals surface area contributed by atoms with Crippen LogP contribution in [-0.4, -0.2) is 58.9 Å². The van der Waals surface area contributed by atoms with Gasteiger partial charge < -0.3 is 15.1 Å². The summed E-state index contributed by atoms with van der Waals surface area (Å²) in [7, 11) is 2.01. The molecule has 0 radical (unpaired) electrons. The first-order valence-corrected chi connectivity index (χ1v) is 9.84. The van der Waals surface area contributed by atoms with Crippen molar-refractivity contribution >= 4 is 11.8 Å². The Hall–Kier alpha value is -1.10. The van der Waals surface area contributed by atoms with Gasteiger partial charge in [0.2, 0.25) is 11.8 Å². The maximum absolute atomic E-state index is 13.3. The maximum Gasteiger partial charge on any atom is 0.245 e. The normalized spacial score (nSPS) is 38.2. The Bertz CT molecular complexity index is 531. The monoisotopic (exact) mass is 333 g/mol. The average molecular weight is 333 g/mol. The van der Waals surface area contributed by atoms with Gasteiger partial charge in [-0.1, -0.05) is 6.92 Å². The van der Waals surface area contributed by atoms with E-state index in [2.05, 4.69) is 17.1 Å². The predicted octanol–water partition coefficient (Wildman–Crippen LogP) is 1.91. The van der Waals surface area contributed by atoms with E-state index >= 15 is 0 Å². The molecule has 0 bridgehead atoms. The van der Waals surface area contributed by atoms with Gasteiger partial charge in [0, 0.05) is 30.6 Å². The van der Waals surface area contributed by atoms with E-state index in [1.54, 1.807) is 0 Å². The summed E-state index contributed by atoms with van der Waals surface area (Å²) in [5.74, 6) is 1.06. The minimum Gasteiger partial charge on any atom is -0.335 e. The quantitative estimate of drug-likeness (QED) is 0.840. The fourth-order valence-electron chi connectivity index (χ4n) is 5.52. The second-order valence-electron chi connectivity index (χ2n) is 8.64. The molecule has 5 heteroatoms. The SMILES string of the molecule is CN[C@H]1CCCC(=O)N2[C@H](CC[C@H]2C(=O)N2C[C@H](C)CC23CC3)C1. The molecule has 3 aliphatic heterocycles. The first kappa shape index (κ1) is 16.4. The lowest BCUT2D eigenvalue weighted by atomic mass is 9.97. The first-order valence-electron chi connectivity index (χ1n) is 9.84. The molecule has 1 spiro atoms. The molecular weight excluding hydrogens is 302 g/mol. The molecule has 0 aromatic heterocycles. The Kier molecular flexibility index (Phi) is 4.10. The number of carbonyl (C=O) groups is 2. The summed E-state index contributed by atoms with van der Waals surface area (Å²) in [4.78, 5) is 30.2. The zero-order valence-corrected chi connectivity index (χ0v) is 15.1. The zero-order chi connectivity index (χ0) is 16.9. The number of carbonyl (C=O) groups excluding carboxylic acids is 2. The number of nitrogens with zero attached hydrogens (tertiary/aromatic N) is 2. The first-order chi connectivity index (χ1) is 11.5. The van der Waals surface area contributed by atoms with Crippen molar-refractivity contribution in [3.8, 4) is 0 Å². The molecular formula is C19H31N3O2. The van der Waals surface area contributed by atoms with Crippen molar-refractivity contribution in [3.63, 3.8) is 0 Å². The van der Waals surface area contributed by atoms with Crippen molar-refractivity contribution in [1.82, 2.24) is 15.1 Å². The molecule has 4 aliphatic rings. The van der Waals surface area contributed by atoms with Gasteiger partial charge in [0.15, 0.2) is 0 Å². The summed E-state index contributed by atoms with van der Waals surface area (Å²) in [5, 5.41) is 3.39. The zero-order valence-electron chi connectivity index (χ0n) is 15.1. The Labute approximate surface area is 145 Å². The minimum atomic E-state index is -0.194. The molecule has 1 saturated carbocycles. The summed E-state index contributed by atoms with van der Waals surface area (Å²) in [5.41, 5.74) is 0.161. The number of nitrogens with one attached hydrogen (secondary N) is 1. The van der Waals surface area contributed by atoms with Crippen LogP contribution in [0.25, 0.3) is 0 Å². The number of hydrogen-bond donors (Lipinski definition) is 1. The van der Waals surface area contributed by atoms with Gasteiger partial charge in [0.25, 0.3) is 0 Å². The van der Waals surface area contributed by atoms with Crippen molar-refractivity contribution in [1.29, 1.82) is 0 Å². The molecule has 4 rings (SSSR count). The molecule has 1 aliphatic carbocycles. The van der Waals surface area contributed by atoms with Crippen LogP contribution >= 0.6 is 0 Å². The van der Waals surface area contributed by atoms with Crippen molar-refractivity contribution in [2.45, 2.75) is 88.4 Å². The lowest BCUT2D eigenvalue weighted by molar-refractivity contribution is -0.147. The van der Waals surface area contributed by atoms with E-state index < -0.39 is 0 Å². The molecule has 3 saturated heterocycles. The van der Waals surface area contributed by atoms with Crippen LogP contribution in [0.5, 0.6) is 0 Å². The average Bonchev–Trinajstić information content (AvgIpc) is 3.06. The van der Waals surface area contributed by atoms with Crippen LogP contribution in [-0.2, 0) is 9.59 Å². The molecule has 2 amide bonds. The van der Waals surface area contributed by atoms with Crippen molar-refractivity contribution in [3.05, 3.63) is 0 Å². The lowest BCUT2D eigenvalue weighted by Crippen LogP contribution is -2.53. The molecule has 1 N–H and O–H groups in total. The Morgan fingerprint density at radius 3 is 2.75 bits per heavy atom. The highest BCUT2D eigenvalue weighted by Gasteiger charge is 2.57. The third-order valence-electron chi connectivity index (χ3n) is 6.87. The summed E-state index contributed by atoms with van der Waals surface area (Å²) in [6.07, 6.45) is 8.91. The predicted molar refractivity (Wildman–Crippen MR) is 92.4 cm³/mol. The topological polar surface area (TPSA) is 52.7 Å². The molecule has 0 aromatic carbocycles. The van der Waals surface area contributed by atoms with Gasteiger partial charge in [-0.15, -0.1) is 0 Å². The van der Waals surface area contributed by atoms with Gasteiger partial charge in [0.05, 0.1) is 0 Å². The van der Waals surface area contributed by atoms with Gasteiger partial charge in [-0.2, -0.15) is 0 Å². The number of hydrogen-bond acceptors (Lipinski definition) is 3. The molecule has 3 heterocycles. The van der Waals surface area contributed by atoms with Crippen LogP contribution in [0.2, 0.25) is 0 Å². The second kappa shape index (κ2) is 6.01. The van der Waals surface area contributed by atoms with Gasteiger partial charge in [-0.05, 0) is 64.3 Å². The van der Waals surface area contributed by atoms with Crippen molar-refractivity contribution < 1.29 is 9.59 Å². The summed E-state index contributed by atoms with van der Waals surface area (Å²) in [6, 6.07) is 0.529. The summed E-state index contributed by atoms with van der Waals surface area (Å²) < 4.78 is 0. The molecule has 4 fully saturated rings. The van der Waals surface area contributed by atoms with Crippen LogP contribution in [0.1, 0.15) is 64.7 Å². The number of rotatable bonds is 2. The van der Waals surface area contributed by atoms with E-state index in [1.807, 2.05) is 11.9 Å². The fourth-order valence-corrected chi connectivity index (χ4v) is 5.52. The van der Waals surface area contributed by atoms with E-state index in [1.165, 1.54) is 0 Å². The Morgan fingerprint density at radius 2 is 2.04 bits per heavy atom. The van der Waals surface area contributed by atoms with E-state index in [0.29, 0.717) is 18.4 Å². The fraction of sp³-hybridized carbons (Fsp3) is 0.895. The molecule has 24 heavy (non-hydrogen) atoms. The molecule has 134 valence electrons. The van der Waals surface area contributed by atoms with E-state index in [4.69, 9.17) is 0 Å². The molecule has 5 nitrogen and oxygen atoms in total. The van der Waals surface area contributed by atoms with Crippen molar-refractivity contribution in [2.24, 2.45) is 5.92 Å². The van der Waals surface area contributed by atoms with Gasteiger partial charge in [0.1, 0.15) is 6.04 Å². The van der Waals surface area contributed by atoms with Crippen LogP contribution in [0, 0.1) is 5.92 Å². The number of fused-ring (bicyclic) bond motifs is 1. The van der Waals surface area contributed by atoms with E-state index in [9.17, 15) is 9.59 Å². The van der Waals surface area contributed by atoms with E-state index in [0.717, 1.165) is 57.9 Å². The van der Waals surface area contributed by atoms with Crippen LogP contribution < -0.4 is 5.32 Å². The van der Waals surface area contributed by atoms with Crippen LogP contribution in [0.3, 0.4) is 0 Å². The minimum absolute atomic E-state index is 0.161. The van der Waals surface area contributed by atoms with Gasteiger partial charge >= 0.3 is 0 Å². The number of likely N-dealkylation sites (tertiary alicyclic amines) is 1. The standard InChI is InChI=1S/C19H31N3O2/c1-13-11-19(8-9-19)21(12-13)18(24)16-7-6-15-10-14(20-2)4-3-5-17(23)22(15)16/h13-16,20H,3-12H2,1-2H3/t13-,14+,15-,16+/m1/s1. The van der Waals surface area contributed by atoms with Gasteiger partial charge in [-0.25, -0.2) is 0 Å². The third kappa shape index (κ3) is 2.65. The Morgan fingerprint density at radius 1 is 1.25 bits per heavy atom. The highest BCUT2D eigenvalue weighted by Crippen LogP contribution is 2.52. The Balaban J connectivity index is 1.53. The molecule has 0 aromatic rings. The maximum atomic E-state index is 13.3. The van der Waals surface area contributed by atoms with Crippen LogP contribution in [0.15, 0.2) is 0 Å². The van der Waals surface area contributed by atoms with Crippen LogP contribution in [0.4, 0.5) is 0 Å². The molecule has 0 unspecified atom stereocenters. The summed E-state index contributed by atoms with van der Waals surface area (Å²) >= 11 is 0. The van der Waals surface area contributed by atoms with Crippen molar-refractivity contribution in [2.75, 3.05) is 13.6 Å². The summed E-state index contributed by atoms with van der Waals surface area (Å²) in [6.45, 7) is 3.14. The molecule has 4 atom stereocenters. The third-order valence-corrected chi connectivity index (χ3v) is 6.87.